The SMILES string of the molecule is C#Cc1ccc(/C=C/c2ccc(/C=C/c3ccc([N+](=O)[O-])cc3)cc2)cc1. The van der Waals surface area contributed by atoms with E-state index in [1.807, 2.05) is 66.8 Å². The van der Waals surface area contributed by atoms with Crippen LogP contribution < -0.4 is 0 Å². The van der Waals surface area contributed by atoms with E-state index in [0.29, 0.717) is 0 Å². The molecule has 0 unspecified atom stereocenters. The third-order valence-electron chi connectivity index (χ3n) is 4.05. The van der Waals surface area contributed by atoms with Crippen LogP contribution in [0.5, 0.6) is 0 Å². The number of nitro benzene ring substituents is 1. The molecule has 0 aliphatic rings. The second kappa shape index (κ2) is 8.46. The maximum atomic E-state index is 10.7. The van der Waals surface area contributed by atoms with Gasteiger partial charge in [-0.3, -0.25) is 10.1 Å². The van der Waals surface area contributed by atoms with Crippen molar-refractivity contribution in [2.24, 2.45) is 0 Å². The van der Waals surface area contributed by atoms with E-state index in [1.54, 1.807) is 12.1 Å². The van der Waals surface area contributed by atoms with Gasteiger partial charge < -0.3 is 0 Å². The highest BCUT2D eigenvalue weighted by Gasteiger charge is 2.02. The molecule has 3 aromatic rings. The van der Waals surface area contributed by atoms with Gasteiger partial charge in [-0.25, -0.2) is 0 Å². The van der Waals surface area contributed by atoms with Gasteiger partial charge in [0.15, 0.2) is 0 Å². The number of nitrogens with zero attached hydrogens (tertiary/aromatic N) is 1. The number of benzene rings is 3. The largest absolute Gasteiger partial charge is 0.269 e. The van der Waals surface area contributed by atoms with Crippen molar-refractivity contribution in [2.75, 3.05) is 0 Å². The van der Waals surface area contributed by atoms with Gasteiger partial charge in [-0.2, -0.15) is 0 Å². The highest BCUT2D eigenvalue weighted by Crippen LogP contribution is 2.15. The monoisotopic (exact) mass is 351 g/mol. The molecule has 27 heavy (non-hydrogen) atoms. The molecule has 3 nitrogen and oxygen atoms in total. The Kier molecular flexibility index (Phi) is 5.61. The summed E-state index contributed by atoms with van der Waals surface area (Å²) >= 11 is 0. The Hall–Kier alpha value is -3.90. The summed E-state index contributed by atoms with van der Waals surface area (Å²) in [6, 6.07) is 22.5. The van der Waals surface area contributed by atoms with Crippen molar-refractivity contribution in [2.45, 2.75) is 0 Å². The average Bonchev–Trinajstić information content (AvgIpc) is 2.72. The normalized spacial score (nSPS) is 10.9. The lowest BCUT2D eigenvalue weighted by Crippen LogP contribution is -1.86. The third-order valence-corrected chi connectivity index (χ3v) is 4.05. The first-order valence-corrected chi connectivity index (χ1v) is 8.41. The lowest BCUT2D eigenvalue weighted by molar-refractivity contribution is -0.384. The zero-order valence-corrected chi connectivity index (χ0v) is 14.6. The molecule has 3 heteroatoms. The first-order valence-electron chi connectivity index (χ1n) is 8.41. The quantitative estimate of drug-likeness (QED) is 0.248. The molecule has 0 aliphatic carbocycles. The first kappa shape index (κ1) is 17.9. The van der Waals surface area contributed by atoms with Crippen LogP contribution in [-0.4, -0.2) is 4.92 Å². The van der Waals surface area contributed by atoms with Crippen LogP contribution in [0.2, 0.25) is 0 Å². The maximum absolute atomic E-state index is 10.7. The fourth-order valence-electron chi connectivity index (χ4n) is 2.50. The van der Waals surface area contributed by atoms with E-state index < -0.39 is 4.92 Å². The van der Waals surface area contributed by atoms with Crippen LogP contribution in [0.25, 0.3) is 24.3 Å². The van der Waals surface area contributed by atoms with Crippen LogP contribution in [0.4, 0.5) is 5.69 Å². The average molecular weight is 351 g/mol. The van der Waals surface area contributed by atoms with Crippen LogP contribution in [0.15, 0.2) is 72.8 Å². The minimum Gasteiger partial charge on any atom is -0.258 e. The molecule has 130 valence electrons. The van der Waals surface area contributed by atoms with Crippen LogP contribution in [0.3, 0.4) is 0 Å². The topological polar surface area (TPSA) is 43.1 Å². The Morgan fingerprint density at radius 2 is 1.00 bits per heavy atom. The Balaban J connectivity index is 1.65. The molecular formula is C24H17NO2. The third kappa shape index (κ3) is 5.04. The van der Waals surface area contributed by atoms with E-state index >= 15 is 0 Å². The molecule has 0 radical (unpaired) electrons. The minimum absolute atomic E-state index is 0.0946. The smallest absolute Gasteiger partial charge is 0.258 e. The summed E-state index contributed by atoms with van der Waals surface area (Å²) in [5.74, 6) is 2.61. The van der Waals surface area contributed by atoms with Gasteiger partial charge in [-0.1, -0.05) is 66.6 Å². The van der Waals surface area contributed by atoms with Gasteiger partial charge in [0.25, 0.3) is 5.69 Å². The zero-order valence-electron chi connectivity index (χ0n) is 14.6. The van der Waals surface area contributed by atoms with Gasteiger partial charge in [-0.05, 0) is 46.5 Å². The maximum Gasteiger partial charge on any atom is 0.269 e. The Labute approximate surface area is 158 Å². The molecule has 0 saturated carbocycles. The van der Waals surface area contributed by atoms with Gasteiger partial charge in [0.2, 0.25) is 0 Å². The minimum atomic E-state index is -0.400. The number of rotatable bonds is 5. The molecule has 0 spiro atoms. The van der Waals surface area contributed by atoms with Gasteiger partial charge in [-0.15, -0.1) is 6.42 Å². The van der Waals surface area contributed by atoms with Crippen molar-refractivity contribution in [3.05, 3.63) is 111 Å². The number of hydrogen-bond acceptors (Lipinski definition) is 2. The van der Waals surface area contributed by atoms with E-state index in [0.717, 1.165) is 27.8 Å². The molecule has 0 aromatic heterocycles. The fraction of sp³-hybridized carbons (Fsp3) is 0. The number of hydrogen-bond donors (Lipinski definition) is 0. The molecular weight excluding hydrogens is 334 g/mol. The molecule has 0 N–H and O–H groups in total. The molecule has 0 heterocycles. The van der Waals surface area contributed by atoms with Crippen LogP contribution in [0.1, 0.15) is 27.8 Å². The zero-order chi connectivity index (χ0) is 19.1. The summed E-state index contributed by atoms with van der Waals surface area (Å²) in [6.07, 6.45) is 13.4. The Morgan fingerprint density at radius 3 is 1.33 bits per heavy atom. The lowest BCUT2D eigenvalue weighted by Gasteiger charge is -1.98. The van der Waals surface area contributed by atoms with Gasteiger partial charge >= 0.3 is 0 Å². The second-order valence-corrected chi connectivity index (χ2v) is 5.95. The van der Waals surface area contributed by atoms with Crippen LogP contribution in [0, 0.1) is 22.5 Å². The van der Waals surface area contributed by atoms with Crippen molar-refractivity contribution < 1.29 is 4.92 Å². The van der Waals surface area contributed by atoms with E-state index in [4.69, 9.17) is 6.42 Å². The van der Waals surface area contributed by atoms with Crippen molar-refractivity contribution in [1.29, 1.82) is 0 Å². The molecule has 0 bridgehead atoms. The van der Waals surface area contributed by atoms with Crippen molar-refractivity contribution >= 4 is 30.0 Å². The summed E-state index contributed by atoms with van der Waals surface area (Å²) in [6.45, 7) is 0. The standard InChI is InChI=1S/C24H17NO2/c1-2-19-3-5-20(6-4-19)7-8-21-9-11-22(12-10-21)13-14-23-15-17-24(18-16-23)25(26)27/h1,3-18H/b8-7+,14-13+. The number of terminal acetylenes is 1. The molecule has 0 fully saturated rings. The summed E-state index contributed by atoms with van der Waals surface area (Å²) in [5.41, 5.74) is 5.14. The van der Waals surface area contributed by atoms with Crippen LogP contribution >= 0.6 is 0 Å². The van der Waals surface area contributed by atoms with Gasteiger partial charge in [0.1, 0.15) is 0 Å². The van der Waals surface area contributed by atoms with E-state index in [9.17, 15) is 10.1 Å². The Bertz CT molecular complexity index is 1020. The molecule has 0 saturated heterocycles. The second-order valence-electron chi connectivity index (χ2n) is 5.95. The lowest BCUT2D eigenvalue weighted by atomic mass is 10.1. The highest BCUT2D eigenvalue weighted by atomic mass is 16.6. The van der Waals surface area contributed by atoms with Gasteiger partial charge in [0.05, 0.1) is 4.92 Å². The van der Waals surface area contributed by atoms with E-state index in [2.05, 4.69) is 12.0 Å². The van der Waals surface area contributed by atoms with Crippen molar-refractivity contribution in [3.63, 3.8) is 0 Å². The van der Waals surface area contributed by atoms with Crippen molar-refractivity contribution in [1.82, 2.24) is 0 Å². The molecule has 0 atom stereocenters. The predicted molar refractivity (Wildman–Crippen MR) is 112 cm³/mol. The van der Waals surface area contributed by atoms with E-state index in [1.165, 1.54) is 12.1 Å². The van der Waals surface area contributed by atoms with E-state index in [-0.39, 0.29) is 5.69 Å². The first-order chi connectivity index (χ1) is 13.1. The number of nitro groups is 1. The Morgan fingerprint density at radius 1 is 0.667 bits per heavy atom. The highest BCUT2D eigenvalue weighted by molar-refractivity contribution is 5.73. The summed E-state index contributed by atoms with van der Waals surface area (Å²) < 4.78 is 0. The summed E-state index contributed by atoms with van der Waals surface area (Å²) in [5, 5.41) is 10.7. The number of non-ortho nitro benzene ring substituents is 1. The fourth-order valence-corrected chi connectivity index (χ4v) is 2.50. The van der Waals surface area contributed by atoms with Crippen molar-refractivity contribution in [3.8, 4) is 12.3 Å². The molecule has 0 amide bonds. The summed E-state index contributed by atoms with van der Waals surface area (Å²) in [4.78, 5) is 10.3. The molecule has 3 rings (SSSR count). The summed E-state index contributed by atoms with van der Waals surface area (Å²) in [7, 11) is 0. The molecule has 3 aromatic carbocycles. The molecule has 0 aliphatic heterocycles. The van der Waals surface area contributed by atoms with Gasteiger partial charge in [0, 0.05) is 17.7 Å². The van der Waals surface area contributed by atoms with Crippen LogP contribution in [-0.2, 0) is 0 Å². The predicted octanol–water partition coefficient (Wildman–Crippen LogP) is 5.92.